The van der Waals surface area contributed by atoms with E-state index in [4.69, 9.17) is 21.3 Å². The van der Waals surface area contributed by atoms with E-state index >= 15 is 0 Å². The minimum atomic E-state index is -0.305. The Balaban J connectivity index is 1.41. The molecule has 0 bridgehead atoms. The fraction of sp³-hybridized carbons (Fsp3) is 0.258. The van der Waals surface area contributed by atoms with Crippen molar-refractivity contribution in [2.75, 3.05) is 19.0 Å². The van der Waals surface area contributed by atoms with Gasteiger partial charge in [-0.05, 0) is 54.8 Å². The largest absolute Gasteiger partial charge is 0.497 e. The minimum absolute atomic E-state index is 0.0284. The molecule has 1 heterocycles. The van der Waals surface area contributed by atoms with Crippen LogP contribution in [0.15, 0.2) is 85.1 Å². The fourth-order valence-corrected chi connectivity index (χ4v) is 5.08. The average Bonchev–Trinajstić information content (AvgIpc) is 3.64. The van der Waals surface area contributed by atoms with E-state index in [-0.39, 0.29) is 24.3 Å². The summed E-state index contributed by atoms with van der Waals surface area (Å²) in [6.07, 6.45) is 5.71. The maximum absolute atomic E-state index is 13.4. The van der Waals surface area contributed by atoms with Crippen LogP contribution < -0.4 is 10.1 Å². The van der Waals surface area contributed by atoms with E-state index in [0.717, 1.165) is 48.2 Å². The van der Waals surface area contributed by atoms with Gasteiger partial charge in [-0.2, -0.15) is 0 Å². The lowest BCUT2D eigenvalue weighted by molar-refractivity contribution is -0.138. The number of benzene rings is 3. The Bertz CT molecular complexity index is 1410. The van der Waals surface area contributed by atoms with Gasteiger partial charge in [0.05, 0.1) is 12.8 Å². The van der Waals surface area contributed by atoms with E-state index in [9.17, 15) is 9.59 Å². The van der Waals surface area contributed by atoms with Crippen LogP contribution in [0.25, 0.3) is 16.9 Å². The Kier molecular flexibility index (Phi) is 8.27. The first-order valence-electron chi connectivity index (χ1n) is 13.1. The Morgan fingerprint density at radius 2 is 1.69 bits per heavy atom. The number of carbonyl (C=O) groups excluding carboxylic acids is 2. The molecule has 0 radical (unpaired) electrons. The summed E-state index contributed by atoms with van der Waals surface area (Å²) in [5.74, 6) is 0.791. The molecule has 1 aromatic heterocycles. The summed E-state index contributed by atoms with van der Waals surface area (Å²) in [5, 5.41) is 3.59. The van der Waals surface area contributed by atoms with Crippen molar-refractivity contribution in [2.24, 2.45) is 5.92 Å². The molecule has 7 nitrogen and oxygen atoms in total. The van der Waals surface area contributed by atoms with Crippen LogP contribution in [0.2, 0.25) is 5.02 Å². The number of amides is 2. The monoisotopic (exact) mass is 542 g/mol. The molecular formula is C31H31ClN4O3. The number of carbonyl (C=O) groups is 2. The van der Waals surface area contributed by atoms with E-state index in [1.165, 1.54) is 0 Å². The van der Waals surface area contributed by atoms with Gasteiger partial charge in [0.2, 0.25) is 17.8 Å². The number of anilines is 1. The number of methoxy groups -OCH3 is 1. The van der Waals surface area contributed by atoms with E-state index < -0.39 is 0 Å². The maximum atomic E-state index is 13.4. The van der Waals surface area contributed by atoms with Crippen molar-refractivity contribution in [3.63, 3.8) is 0 Å². The predicted octanol–water partition coefficient (Wildman–Crippen LogP) is 6.36. The first-order valence-corrected chi connectivity index (χ1v) is 13.5. The van der Waals surface area contributed by atoms with Crippen molar-refractivity contribution in [2.45, 2.75) is 32.2 Å². The van der Waals surface area contributed by atoms with Crippen LogP contribution in [0.1, 0.15) is 31.2 Å². The fourth-order valence-electron chi connectivity index (χ4n) is 4.95. The molecule has 1 aliphatic carbocycles. The quantitative estimate of drug-likeness (QED) is 0.267. The van der Waals surface area contributed by atoms with E-state index in [1.807, 2.05) is 77.5 Å². The smallest absolute Gasteiger partial charge is 0.246 e. The van der Waals surface area contributed by atoms with Gasteiger partial charge < -0.3 is 9.64 Å². The van der Waals surface area contributed by atoms with Crippen LogP contribution in [0.4, 0.5) is 5.95 Å². The molecule has 5 rings (SSSR count). The number of imidazole rings is 1. The molecule has 0 saturated heterocycles. The molecule has 4 aromatic rings. The van der Waals surface area contributed by atoms with Crippen molar-refractivity contribution in [3.05, 3.63) is 95.6 Å². The van der Waals surface area contributed by atoms with Gasteiger partial charge in [0.1, 0.15) is 12.3 Å². The molecule has 3 aromatic carbocycles. The summed E-state index contributed by atoms with van der Waals surface area (Å²) >= 11 is 6.08. The lowest BCUT2D eigenvalue weighted by Gasteiger charge is -2.25. The molecule has 1 aliphatic rings. The second kappa shape index (κ2) is 12.2. The van der Waals surface area contributed by atoms with Gasteiger partial charge in [-0.25, -0.2) is 4.98 Å². The molecule has 200 valence electrons. The highest BCUT2D eigenvalue weighted by molar-refractivity contribution is 6.30. The van der Waals surface area contributed by atoms with E-state index in [0.29, 0.717) is 23.2 Å². The van der Waals surface area contributed by atoms with Gasteiger partial charge in [-0.3, -0.25) is 19.5 Å². The van der Waals surface area contributed by atoms with Crippen LogP contribution in [0, 0.1) is 5.92 Å². The SMILES string of the molecule is COc1ccc(-n2cc(-c3ccc(Cl)cc3)nc2NC(=O)CN(Cc2ccccc2)C(=O)C2CCCC2)cc1. The lowest BCUT2D eigenvalue weighted by atomic mass is 10.1. The summed E-state index contributed by atoms with van der Waals surface area (Å²) in [4.78, 5) is 33.2. The van der Waals surface area contributed by atoms with Gasteiger partial charge in [-0.1, -0.05) is 66.9 Å². The maximum Gasteiger partial charge on any atom is 0.246 e. The Hall–Kier alpha value is -4.10. The molecule has 0 spiro atoms. The molecule has 39 heavy (non-hydrogen) atoms. The Labute approximate surface area is 233 Å². The Morgan fingerprint density at radius 3 is 2.36 bits per heavy atom. The van der Waals surface area contributed by atoms with Crippen LogP contribution in [0.5, 0.6) is 5.75 Å². The van der Waals surface area contributed by atoms with Crippen molar-refractivity contribution in [3.8, 4) is 22.7 Å². The van der Waals surface area contributed by atoms with Gasteiger partial charge in [-0.15, -0.1) is 0 Å². The summed E-state index contributed by atoms with van der Waals surface area (Å²) in [7, 11) is 1.62. The molecule has 0 atom stereocenters. The third-order valence-electron chi connectivity index (χ3n) is 7.01. The van der Waals surface area contributed by atoms with Crippen LogP contribution in [0.3, 0.4) is 0 Å². The van der Waals surface area contributed by atoms with Crippen molar-refractivity contribution < 1.29 is 14.3 Å². The standard InChI is InChI=1S/C31H31ClN4O3/c1-39-27-17-15-26(16-18-27)36-20-28(23-11-13-25(32)14-12-23)33-31(36)34-29(37)21-35(19-22-7-3-2-4-8-22)30(38)24-9-5-6-10-24/h2-4,7-8,11-18,20,24H,5-6,9-10,19,21H2,1H3,(H,33,34,37). The number of nitrogens with one attached hydrogen (secondary N) is 1. The van der Waals surface area contributed by atoms with Crippen LogP contribution >= 0.6 is 11.6 Å². The highest BCUT2D eigenvalue weighted by Gasteiger charge is 2.29. The minimum Gasteiger partial charge on any atom is -0.497 e. The first-order chi connectivity index (χ1) is 19.0. The normalized spacial score (nSPS) is 13.3. The van der Waals surface area contributed by atoms with Gasteiger partial charge in [0.25, 0.3) is 0 Å². The zero-order chi connectivity index (χ0) is 27.2. The molecule has 2 amide bonds. The number of nitrogens with zero attached hydrogens (tertiary/aromatic N) is 3. The van der Waals surface area contributed by atoms with Gasteiger partial charge in [0, 0.05) is 34.9 Å². The van der Waals surface area contributed by atoms with Gasteiger partial charge >= 0.3 is 0 Å². The number of halogens is 1. The third kappa shape index (κ3) is 6.49. The zero-order valence-corrected chi connectivity index (χ0v) is 22.6. The molecule has 1 saturated carbocycles. The number of hydrogen-bond acceptors (Lipinski definition) is 4. The van der Waals surface area contributed by atoms with Crippen LogP contribution in [-0.2, 0) is 16.1 Å². The second-order valence-corrected chi connectivity index (χ2v) is 10.2. The average molecular weight is 543 g/mol. The molecule has 1 N–H and O–H groups in total. The molecular weight excluding hydrogens is 512 g/mol. The molecule has 1 fully saturated rings. The number of rotatable bonds is 9. The Morgan fingerprint density at radius 1 is 1.00 bits per heavy atom. The summed E-state index contributed by atoms with van der Waals surface area (Å²) in [5.41, 5.74) is 3.34. The van der Waals surface area contributed by atoms with Crippen molar-refractivity contribution in [1.82, 2.24) is 14.5 Å². The number of hydrogen-bond donors (Lipinski definition) is 1. The number of ether oxygens (including phenoxy) is 1. The lowest BCUT2D eigenvalue weighted by Crippen LogP contribution is -2.40. The molecule has 8 heteroatoms. The zero-order valence-electron chi connectivity index (χ0n) is 21.8. The van der Waals surface area contributed by atoms with Crippen molar-refractivity contribution >= 4 is 29.4 Å². The van der Waals surface area contributed by atoms with E-state index in [2.05, 4.69) is 5.32 Å². The molecule has 0 unspecified atom stereocenters. The van der Waals surface area contributed by atoms with Crippen molar-refractivity contribution in [1.29, 1.82) is 0 Å². The number of aromatic nitrogens is 2. The van der Waals surface area contributed by atoms with Crippen LogP contribution in [-0.4, -0.2) is 39.9 Å². The topological polar surface area (TPSA) is 76.5 Å². The summed E-state index contributed by atoms with van der Waals surface area (Å²) in [6.45, 7) is 0.322. The predicted molar refractivity (Wildman–Crippen MR) is 153 cm³/mol. The van der Waals surface area contributed by atoms with Gasteiger partial charge in [0.15, 0.2) is 0 Å². The first kappa shape index (κ1) is 26.5. The molecule has 0 aliphatic heterocycles. The van der Waals surface area contributed by atoms with E-state index in [1.54, 1.807) is 24.1 Å². The third-order valence-corrected chi connectivity index (χ3v) is 7.27. The second-order valence-electron chi connectivity index (χ2n) is 9.73. The summed E-state index contributed by atoms with van der Waals surface area (Å²) < 4.78 is 7.12. The summed E-state index contributed by atoms with van der Waals surface area (Å²) in [6, 6.07) is 24.6. The highest BCUT2D eigenvalue weighted by atomic mass is 35.5. The highest BCUT2D eigenvalue weighted by Crippen LogP contribution is 2.28.